The number of carbonyl (C=O) groups excluding carboxylic acids is 1. The van der Waals surface area contributed by atoms with Crippen LogP contribution in [0.2, 0.25) is 0 Å². The van der Waals surface area contributed by atoms with Crippen LogP contribution in [0.15, 0.2) is 10.4 Å². The summed E-state index contributed by atoms with van der Waals surface area (Å²) in [7, 11) is 0. The topological polar surface area (TPSA) is 137 Å². The molecule has 0 saturated carbocycles. The first-order valence-electron chi connectivity index (χ1n) is 4.12. The van der Waals surface area contributed by atoms with E-state index in [0.29, 0.717) is 0 Å². The number of rotatable bonds is 7. The molecule has 0 rings (SSSR count). The van der Waals surface area contributed by atoms with E-state index in [1.165, 1.54) is 0 Å². The van der Waals surface area contributed by atoms with Gasteiger partial charge in [-0.05, 0) is 6.92 Å². The number of aliphatic hydroxyl groups is 3. The molecule has 0 aliphatic heterocycles. The van der Waals surface area contributed by atoms with Crippen LogP contribution in [-0.2, 0) is 4.79 Å². The van der Waals surface area contributed by atoms with Crippen LogP contribution in [0.1, 0.15) is 6.92 Å². The van der Waals surface area contributed by atoms with E-state index in [4.69, 9.17) is 10.2 Å². The smallest absolute Gasteiger partial charge is 0.160 e. The highest BCUT2D eigenvalue weighted by atomic mass is 16.3. The maximum absolute atomic E-state index is 10.7. The molecule has 0 radical (unpaired) electrons. The van der Waals surface area contributed by atoms with E-state index in [1.54, 1.807) is 0 Å². The Morgan fingerprint density at radius 1 is 1.27 bits per heavy atom. The zero-order chi connectivity index (χ0) is 12.0. The molecule has 0 aliphatic carbocycles. The molecule has 4 unspecified atom stereocenters. The summed E-state index contributed by atoms with van der Waals surface area (Å²) in [5.41, 5.74) is 0. The minimum Gasteiger partial charge on any atom is -0.394 e. The van der Waals surface area contributed by atoms with Gasteiger partial charge < -0.3 is 15.3 Å². The average molecular weight is 220 g/mol. The van der Waals surface area contributed by atoms with Crippen molar-refractivity contribution >= 4 is 5.78 Å². The summed E-state index contributed by atoms with van der Waals surface area (Å²) in [4.78, 5) is 31.1. The first-order valence-corrected chi connectivity index (χ1v) is 4.12. The summed E-state index contributed by atoms with van der Waals surface area (Å²) in [5, 5.41) is 31.8. The molecule has 8 heteroatoms. The highest BCUT2D eigenvalue weighted by Gasteiger charge is 2.36. The van der Waals surface area contributed by atoms with Crippen LogP contribution in [-0.4, -0.2) is 52.0 Å². The van der Waals surface area contributed by atoms with E-state index in [2.05, 4.69) is 10.4 Å². The van der Waals surface area contributed by atoms with Crippen molar-refractivity contribution in [3.05, 3.63) is 9.81 Å². The Morgan fingerprint density at radius 3 is 2.07 bits per heavy atom. The van der Waals surface area contributed by atoms with Gasteiger partial charge in [0, 0.05) is 0 Å². The van der Waals surface area contributed by atoms with Crippen LogP contribution in [0.4, 0.5) is 0 Å². The number of hydrogen-bond donors (Lipinski definition) is 3. The lowest BCUT2D eigenvalue weighted by Crippen LogP contribution is -2.46. The molecule has 15 heavy (non-hydrogen) atoms. The number of nitrogens with zero attached hydrogens (tertiary/aromatic N) is 2. The Morgan fingerprint density at radius 2 is 1.80 bits per heavy atom. The molecule has 0 aromatic heterocycles. The van der Waals surface area contributed by atoms with E-state index >= 15 is 0 Å². The molecule has 0 heterocycles. The fourth-order valence-corrected chi connectivity index (χ4v) is 0.991. The van der Waals surface area contributed by atoms with Crippen LogP contribution in [0, 0.1) is 9.81 Å². The summed E-state index contributed by atoms with van der Waals surface area (Å²) in [6, 6.07) is -3.13. The molecule has 4 atom stereocenters. The van der Waals surface area contributed by atoms with Gasteiger partial charge in [-0.1, -0.05) is 10.4 Å². The number of ketones is 1. The molecule has 0 aliphatic rings. The lowest BCUT2D eigenvalue weighted by molar-refractivity contribution is -0.131. The predicted molar refractivity (Wildman–Crippen MR) is 48.9 cm³/mol. The van der Waals surface area contributed by atoms with Gasteiger partial charge in [0.25, 0.3) is 0 Å². The highest BCUT2D eigenvalue weighted by molar-refractivity contribution is 5.80. The Hall–Kier alpha value is -1.25. The molecular formula is C7H12N2O6. The van der Waals surface area contributed by atoms with Gasteiger partial charge in [-0.2, -0.15) is 9.81 Å². The van der Waals surface area contributed by atoms with Crippen LogP contribution in [0.5, 0.6) is 0 Å². The van der Waals surface area contributed by atoms with E-state index in [9.17, 15) is 19.7 Å². The van der Waals surface area contributed by atoms with E-state index < -0.39 is 36.7 Å². The van der Waals surface area contributed by atoms with Gasteiger partial charge in [-0.25, -0.2) is 0 Å². The lowest BCUT2D eigenvalue weighted by Gasteiger charge is -2.21. The molecule has 0 fully saturated rings. The summed E-state index contributed by atoms with van der Waals surface area (Å²) in [6.07, 6.45) is -3.68. The van der Waals surface area contributed by atoms with Gasteiger partial charge in [0.05, 0.1) is 6.61 Å². The van der Waals surface area contributed by atoms with Crippen molar-refractivity contribution in [2.45, 2.75) is 31.2 Å². The predicted octanol–water partition coefficient (Wildman–Crippen LogP) is -1.44. The molecule has 0 aromatic carbocycles. The van der Waals surface area contributed by atoms with Crippen LogP contribution < -0.4 is 0 Å². The average Bonchev–Trinajstić information content (AvgIpc) is 2.23. The lowest BCUT2D eigenvalue weighted by atomic mass is 9.98. The minimum atomic E-state index is -1.85. The van der Waals surface area contributed by atoms with Gasteiger partial charge in [0.15, 0.2) is 5.78 Å². The number of aliphatic hydroxyl groups excluding tert-OH is 3. The largest absolute Gasteiger partial charge is 0.394 e. The molecule has 0 spiro atoms. The number of carbonyl (C=O) groups is 1. The molecule has 0 aromatic rings. The molecule has 0 bridgehead atoms. The van der Waals surface area contributed by atoms with E-state index in [0.717, 1.165) is 6.92 Å². The third-order valence-corrected chi connectivity index (χ3v) is 1.93. The fraction of sp³-hybridized carbons (Fsp3) is 0.857. The zero-order valence-electron chi connectivity index (χ0n) is 7.98. The second-order valence-corrected chi connectivity index (χ2v) is 3.00. The van der Waals surface area contributed by atoms with E-state index in [1.807, 2.05) is 0 Å². The standard InChI is InChI=1S/C7H12N2O6/c1-3(11)6(12)7(13)5(9-15)4(2-10)8-14/h4-7,10,12-13H,2H2,1H3. The maximum atomic E-state index is 10.7. The highest BCUT2D eigenvalue weighted by Crippen LogP contribution is 2.12. The fourth-order valence-electron chi connectivity index (χ4n) is 0.991. The third-order valence-electron chi connectivity index (χ3n) is 1.93. The molecule has 0 saturated heterocycles. The summed E-state index contributed by atoms with van der Waals surface area (Å²) in [5.74, 6) is -0.779. The molecule has 3 N–H and O–H groups in total. The zero-order valence-corrected chi connectivity index (χ0v) is 7.98. The van der Waals surface area contributed by atoms with Crippen molar-refractivity contribution in [1.29, 1.82) is 0 Å². The van der Waals surface area contributed by atoms with Crippen molar-refractivity contribution in [2.75, 3.05) is 6.61 Å². The second kappa shape index (κ2) is 6.27. The van der Waals surface area contributed by atoms with Crippen molar-refractivity contribution in [3.8, 4) is 0 Å². The molecular weight excluding hydrogens is 208 g/mol. The Bertz CT molecular complexity index is 246. The third kappa shape index (κ3) is 3.42. The van der Waals surface area contributed by atoms with Crippen molar-refractivity contribution in [1.82, 2.24) is 0 Å². The summed E-state index contributed by atoms with van der Waals surface area (Å²) >= 11 is 0. The van der Waals surface area contributed by atoms with Crippen LogP contribution >= 0.6 is 0 Å². The van der Waals surface area contributed by atoms with Crippen LogP contribution in [0.25, 0.3) is 0 Å². The number of nitroso groups, excluding NO2 is 2. The number of hydrogen-bond acceptors (Lipinski definition) is 8. The Kier molecular flexibility index (Phi) is 5.75. The van der Waals surface area contributed by atoms with Gasteiger partial charge in [0.2, 0.25) is 0 Å². The first-order chi connectivity index (χ1) is 6.99. The normalized spacial score (nSPS) is 18.7. The van der Waals surface area contributed by atoms with Gasteiger partial charge in [-0.3, -0.25) is 4.79 Å². The quantitative estimate of drug-likeness (QED) is 0.449. The Labute approximate surface area is 84.9 Å². The van der Waals surface area contributed by atoms with E-state index in [-0.39, 0.29) is 0 Å². The molecule has 86 valence electrons. The van der Waals surface area contributed by atoms with Gasteiger partial charge >= 0.3 is 0 Å². The van der Waals surface area contributed by atoms with Crippen molar-refractivity contribution in [3.63, 3.8) is 0 Å². The summed E-state index contributed by atoms with van der Waals surface area (Å²) < 4.78 is 0. The monoisotopic (exact) mass is 220 g/mol. The minimum absolute atomic E-state index is 0.779. The maximum Gasteiger partial charge on any atom is 0.160 e. The van der Waals surface area contributed by atoms with Crippen molar-refractivity contribution in [2.24, 2.45) is 10.4 Å². The second-order valence-electron chi connectivity index (χ2n) is 3.00. The summed E-state index contributed by atoms with van der Waals surface area (Å²) in [6.45, 7) is 0.194. The van der Waals surface area contributed by atoms with Gasteiger partial charge in [-0.15, -0.1) is 0 Å². The van der Waals surface area contributed by atoms with Crippen molar-refractivity contribution < 1.29 is 20.1 Å². The van der Waals surface area contributed by atoms with Crippen LogP contribution in [0.3, 0.4) is 0 Å². The number of Topliss-reactive ketones (excluding diaryl/α,β-unsaturated/α-hetero) is 1. The molecule has 0 amide bonds. The Balaban J connectivity index is 4.72. The van der Waals surface area contributed by atoms with Gasteiger partial charge in [0.1, 0.15) is 24.3 Å². The molecule has 8 nitrogen and oxygen atoms in total. The first kappa shape index (κ1) is 13.8. The SMILES string of the molecule is CC(=O)C(O)C(O)C(N=O)C(CO)N=O.